The number of carbonyl (C=O) groups is 1. The zero-order valence-electron chi connectivity index (χ0n) is 11.3. The van der Waals surface area contributed by atoms with Crippen LogP contribution < -0.4 is 10.2 Å². The van der Waals surface area contributed by atoms with Gasteiger partial charge < -0.3 is 15.0 Å². The zero-order chi connectivity index (χ0) is 13.3. The molecule has 2 aliphatic rings. The Morgan fingerprint density at radius 1 is 1.32 bits per heavy atom. The van der Waals surface area contributed by atoms with Crippen LogP contribution in [0.4, 0.5) is 5.69 Å². The second-order valence-electron chi connectivity index (χ2n) is 5.67. The summed E-state index contributed by atoms with van der Waals surface area (Å²) in [5.74, 6) is -0.275. The van der Waals surface area contributed by atoms with Crippen molar-refractivity contribution in [1.29, 1.82) is 0 Å². The van der Waals surface area contributed by atoms with Crippen molar-refractivity contribution in [1.82, 2.24) is 5.32 Å². The van der Waals surface area contributed by atoms with Crippen molar-refractivity contribution in [3.63, 3.8) is 0 Å². The molecule has 2 fully saturated rings. The van der Waals surface area contributed by atoms with Gasteiger partial charge in [0.2, 0.25) is 0 Å². The van der Waals surface area contributed by atoms with E-state index in [4.69, 9.17) is 4.74 Å². The van der Waals surface area contributed by atoms with E-state index in [2.05, 4.69) is 10.2 Å². The molecule has 0 atom stereocenters. The fourth-order valence-corrected chi connectivity index (χ4v) is 3.17. The lowest BCUT2D eigenvalue weighted by molar-refractivity contribution is 0.0600. The molecule has 0 aliphatic carbocycles. The first-order chi connectivity index (χ1) is 9.22. The van der Waals surface area contributed by atoms with E-state index in [9.17, 15) is 4.79 Å². The quantitative estimate of drug-likeness (QED) is 0.821. The third-order valence-corrected chi connectivity index (χ3v) is 4.27. The van der Waals surface area contributed by atoms with Gasteiger partial charge in [-0.15, -0.1) is 0 Å². The SMILES string of the molecule is COC(=O)c1ccc(N2CC3(CCCNC3)C2)cc1. The average Bonchev–Trinajstić information content (AvgIpc) is 2.45. The van der Waals surface area contributed by atoms with Crippen molar-refractivity contribution >= 4 is 11.7 Å². The number of carbonyl (C=O) groups excluding carboxylic acids is 1. The van der Waals surface area contributed by atoms with Crippen molar-refractivity contribution in [2.45, 2.75) is 12.8 Å². The molecular weight excluding hydrogens is 240 g/mol. The Balaban J connectivity index is 1.63. The Labute approximate surface area is 113 Å². The van der Waals surface area contributed by atoms with Gasteiger partial charge in [0, 0.05) is 30.7 Å². The number of esters is 1. The molecule has 2 aliphatic heterocycles. The molecule has 0 amide bonds. The highest BCUT2D eigenvalue weighted by Crippen LogP contribution is 2.39. The third-order valence-electron chi connectivity index (χ3n) is 4.27. The van der Waals surface area contributed by atoms with E-state index in [-0.39, 0.29) is 5.97 Å². The minimum atomic E-state index is -0.275. The van der Waals surface area contributed by atoms with Crippen molar-refractivity contribution in [2.75, 3.05) is 38.2 Å². The molecule has 3 rings (SSSR count). The van der Waals surface area contributed by atoms with Crippen molar-refractivity contribution in [3.8, 4) is 0 Å². The zero-order valence-corrected chi connectivity index (χ0v) is 11.3. The standard InChI is InChI=1S/C15H20N2O2/c1-19-14(18)12-3-5-13(6-4-12)17-10-15(11-17)7-2-8-16-9-15/h3-6,16H,2,7-11H2,1H3. The van der Waals surface area contributed by atoms with E-state index < -0.39 is 0 Å². The van der Waals surface area contributed by atoms with Crippen LogP contribution in [0.1, 0.15) is 23.2 Å². The summed E-state index contributed by atoms with van der Waals surface area (Å²) in [6.07, 6.45) is 2.62. The smallest absolute Gasteiger partial charge is 0.337 e. The molecule has 0 bridgehead atoms. The van der Waals surface area contributed by atoms with Crippen LogP contribution in [0, 0.1) is 5.41 Å². The maximum absolute atomic E-state index is 11.4. The molecule has 19 heavy (non-hydrogen) atoms. The minimum Gasteiger partial charge on any atom is -0.465 e. The monoisotopic (exact) mass is 260 g/mol. The summed E-state index contributed by atoms with van der Waals surface area (Å²) >= 11 is 0. The summed E-state index contributed by atoms with van der Waals surface area (Å²) in [6.45, 7) is 4.55. The molecule has 4 nitrogen and oxygen atoms in total. The maximum atomic E-state index is 11.4. The Hall–Kier alpha value is -1.55. The molecule has 0 radical (unpaired) electrons. The number of nitrogens with one attached hydrogen (secondary N) is 1. The predicted octanol–water partition coefficient (Wildman–Crippen LogP) is 1.66. The first kappa shape index (κ1) is 12.5. The Bertz CT molecular complexity index is 456. The van der Waals surface area contributed by atoms with E-state index in [1.165, 1.54) is 25.6 Å². The Kier molecular flexibility index (Phi) is 3.19. The number of piperidine rings is 1. The second kappa shape index (κ2) is 4.85. The molecule has 0 aromatic heterocycles. The fourth-order valence-electron chi connectivity index (χ4n) is 3.17. The van der Waals surface area contributed by atoms with Gasteiger partial charge in [-0.25, -0.2) is 4.79 Å². The molecule has 2 saturated heterocycles. The van der Waals surface area contributed by atoms with Crippen LogP contribution in [0.25, 0.3) is 0 Å². The number of hydrogen-bond donors (Lipinski definition) is 1. The van der Waals surface area contributed by atoms with Gasteiger partial charge in [-0.2, -0.15) is 0 Å². The molecule has 1 aromatic carbocycles. The highest BCUT2D eigenvalue weighted by atomic mass is 16.5. The topological polar surface area (TPSA) is 41.6 Å². The van der Waals surface area contributed by atoms with Gasteiger partial charge in [-0.05, 0) is 43.7 Å². The summed E-state index contributed by atoms with van der Waals surface area (Å²) in [6, 6.07) is 7.70. The minimum absolute atomic E-state index is 0.275. The lowest BCUT2D eigenvalue weighted by atomic mass is 9.74. The largest absolute Gasteiger partial charge is 0.465 e. The van der Waals surface area contributed by atoms with Crippen LogP contribution in [0.3, 0.4) is 0 Å². The van der Waals surface area contributed by atoms with Crippen LogP contribution >= 0.6 is 0 Å². The van der Waals surface area contributed by atoms with Gasteiger partial charge >= 0.3 is 5.97 Å². The summed E-state index contributed by atoms with van der Waals surface area (Å²) in [7, 11) is 1.41. The molecule has 102 valence electrons. The van der Waals surface area contributed by atoms with Crippen LogP contribution in [-0.4, -0.2) is 39.3 Å². The molecule has 1 N–H and O–H groups in total. The van der Waals surface area contributed by atoms with Crippen molar-refractivity contribution in [2.24, 2.45) is 5.41 Å². The van der Waals surface area contributed by atoms with Gasteiger partial charge in [0.25, 0.3) is 0 Å². The van der Waals surface area contributed by atoms with Gasteiger partial charge in [0.05, 0.1) is 12.7 Å². The summed E-state index contributed by atoms with van der Waals surface area (Å²) in [4.78, 5) is 13.8. The summed E-state index contributed by atoms with van der Waals surface area (Å²) in [5, 5.41) is 3.49. The van der Waals surface area contributed by atoms with Crippen LogP contribution in [0.5, 0.6) is 0 Å². The fraction of sp³-hybridized carbons (Fsp3) is 0.533. The normalized spacial score (nSPS) is 21.0. The number of rotatable bonds is 2. The van der Waals surface area contributed by atoms with Gasteiger partial charge in [0.1, 0.15) is 0 Å². The Morgan fingerprint density at radius 2 is 2.05 bits per heavy atom. The van der Waals surface area contributed by atoms with E-state index in [0.717, 1.165) is 26.2 Å². The average molecular weight is 260 g/mol. The maximum Gasteiger partial charge on any atom is 0.337 e. The number of ether oxygens (including phenoxy) is 1. The first-order valence-corrected chi connectivity index (χ1v) is 6.87. The molecule has 2 heterocycles. The second-order valence-corrected chi connectivity index (χ2v) is 5.67. The summed E-state index contributed by atoms with van der Waals surface area (Å²) in [5.41, 5.74) is 2.30. The van der Waals surface area contributed by atoms with Gasteiger partial charge in [-0.1, -0.05) is 0 Å². The molecule has 4 heteroatoms. The molecular formula is C15H20N2O2. The van der Waals surface area contributed by atoms with Crippen LogP contribution in [-0.2, 0) is 4.74 Å². The molecule has 1 spiro atoms. The number of anilines is 1. The number of hydrogen-bond acceptors (Lipinski definition) is 4. The molecule has 0 unspecified atom stereocenters. The van der Waals surface area contributed by atoms with E-state index in [1.807, 2.05) is 24.3 Å². The molecule has 0 saturated carbocycles. The number of nitrogens with zero attached hydrogens (tertiary/aromatic N) is 1. The van der Waals surface area contributed by atoms with Crippen molar-refractivity contribution in [3.05, 3.63) is 29.8 Å². The molecule has 1 aromatic rings. The number of methoxy groups -OCH3 is 1. The van der Waals surface area contributed by atoms with E-state index in [1.54, 1.807) is 0 Å². The highest BCUT2D eigenvalue weighted by molar-refractivity contribution is 5.89. The number of benzene rings is 1. The third kappa shape index (κ3) is 2.32. The first-order valence-electron chi connectivity index (χ1n) is 6.87. The van der Waals surface area contributed by atoms with Gasteiger partial charge in [0.15, 0.2) is 0 Å². The van der Waals surface area contributed by atoms with E-state index >= 15 is 0 Å². The van der Waals surface area contributed by atoms with Crippen LogP contribution in [0.15, 0.2) is 24.3 Å². The summed E-state index contributed by atoms with van der Waals surface area (Å²) < 4.78 is 4.71. The van der Waals surface area contributed by atoms with Crippen LogP contribution in [0.2, 0.25) is 0 Å². The Morgan fingerprint density at radius 3 is 2.63 bits per heavy atom. The lowest BCUT2D eigenvalue weighted by Gasteiger charge is -2.53. The lowest BCUT2D eigenvalue weighted by Crippen LogP contribution is -2.62. The van der Waals surface area contributed by atoms with Crippen molar-refractivity contribution < 1.29 is 9.53 Å². The highest BCUT2D eigenvalue weighted by Gasteiger charge is 2.43. The predicted molar refractivity (Wildman–Crippen MR) is 74.5 cm³/mol. The van der Waals surface area contributed by atoms with E-state index in [0.29, 0.717) is 11.0 Å². The van der Waals surface area contributed by atoms with Gasteiger partial charge in [-0.3, -0.25) is 0 Å².